The van der Waals surface area contributed by atoms with Crippen molar-refractivity contribution in [1.29, 1.82) is 0 Å². The molecule has 1 atom stereocenters. The molecule has 0 bridgehead atoms. The molecule has 112 valence electrons. The standard InChI is InChI=1S/C15H18N2O3S/c16-13-7-4-8-15(10-13)21(19,20)17-14(11-18)9-12-5-2-1-3-6-12/h1-8,10,14,17-18H,9,11,16H2. The molecular formula is C15H18N2O3S. The fourth-order valence-corrected chi connectivity index (χ4v) is 3.29. The van der Waals surface area contributed by atoms with Crippen LogP contribution in [0.3, 0.4) is 0 Å². The number of benzene rings is 2. The van der Waals surface area contributed by atoms with Crippen LogP contribution in [0.5, 0.6) is 0 Å². The Morgan fingerprint density at radius 1 is 1.10 bits per heavy atom. The maximum Gasteiger partial charge on any atom is 0.240 e. The normalized spacial score (nSPS) is 13.0. The average molecular weight is 306 g/mol. The van der Waals surface area contributed by atoms with Gasteiger partial charge in [-0.3, -0.25) is 0 Å². The van der Waals surface area contributed by atoms with E-state index in [1.165, 1.54) is 12.1 Å². The molecule has 0 amide bonds. The van der Waals surface area contributed by atoms with Crippen LogP contribution in [0.1, 0.15) is 5.56 Å². The van der Waals surface area contributed by atoms with Gasteiger partial charge in [0.15, 0.2) is 0 Å². The van der Waals surface area contributed by atoms with Crippen LogP contribution in [0.25, 0.3) is 0 Å². The highest BCUT2D eigenvalue weighted by Gasteiger charge is 2.20. The van der Waals surface area contributed by atoms with Crippen molar-refractivity contribution in [2.24, 2.45) is 0 Å². The zero-order chi connectivity index (χ0) is 15.3. The smallest absolute Gasteiger partial charge is 0.240 e. The number of aliphatic hydroxyl groups excluding tert-OH is 1. The Bertz CT molecular complexity index is 687. The van der Waals surface area contributed by atoms with Crippen LogP contribution in [0.2, 0.25) is 0 Å². The van der Waals surface area contributed by atoms with Crippen LogP contribution in [0, 0.1) is 0 Å². The zero-order valence-corrected chi connectivity index (χ0v) is 12.3. The number of aliphatic hydroxyl groups is 1. The molecule has 6 heteroatoms. The highest BCUT2D eigenvalue weighted by molar-refractivity contribution is 7.89. The maximum absolute atomic E-state index is 12.3. The molecule has 0 saturated carbocycles. The van der Waals surface area contributed by atoms with E-state index in [1.54, 1.807) is 12.1 Å². The molecule has 0 fully saturated rings. The Hall–Kier alpha value is -1.89. The topological polar surface area (TPSA) is 92.4 Å². The summed E-state index contributed by atoms with van der Waals surface area (Å²) < 4.78 is 27.0. The van der Waals surface area contributed by atoms with E-state index in [4.69, 9.17) is 5.73 Å². The molecule has 0 aliphatic rings. The Kier molecular flexibility index (Phi) is 4.95. The minimum absolute atomic E-state index is 0.0917. The molecule has 2 aromatic carbocycles. The Morgan fingerprint density at radius 2 is 1.81 bits per heavy atom. The van der Waals surface area contributed by atoms with Gasteiger partial charge in [-0.1, -0.05) is 36.4 Å². The molecule has 1 unspecified atom stereocenters. The quantitative estimate of drug-likeness (QED) is 0.698. The van der Waals surface area contributed by atoms with Crippen molar-refractivity contribution in [2.75, 3.05) is 12.3 Å². The summed E-state index contributed by atoms with van der Waals surface area (Å²) in [6, 6.07) is 14.9. The summed E-state index contributed by atoms with van der Waals surface area (Å²) in [6.45, 7) is -0.281. The van der Waals surface area contributed by atoms with Crippen LogP contribution in [-0.4, -0.2) is 26.2 Å². The van der Waals surface area contributed by atoms with Crippen LogP contribution in [-0.2, 0) is 16.4 Å². The molecule has 0 radical (unpaired) electrons. The van der Waals surface area contributed by atoms with Gasteiger partial charge in [-0.05, 0) is 30.2 Å². The predicted octanol–water partition coefficient (Wildman–Crippen LogP) is 1.15. The second kappa shape index (κ2) is 6.71. The monoisotopic (exact) mass is 306 g/mol. The molecule has 4 N–H and O–H groups in total. The van der Waals surface area contributed by atoms with Gasteiger partial charge in [-0.2, -0.15) is 0 Å². The second-order valence-corrected chi connectivity index (χ2v) is 6.48. The van der Waals surface area contributed by atoms with Gasteiger partial charge in [0.05, 0.1) is 11.5 Å². The molecule has 2 rings (SSSR count). The van der Waals surface area contributed by atoms with E-state index in [2.05, 4.69) is 4.72 Å². The van der Waals surface area contributed by atoms with Crippen molar-refractivity contribution in [3.8, 4) is 0 Å². The summed E-state index contributed by atoms with van der Waals surface area (Å²) >= 11 is 0. The van der Waals surface area contributed by atoms with Crippen molar-refractivity contribution >= 4 is 15.7 Å². The highest BCUT2D eigenvalue weighted by Crippen LogP contribution is 2.14. The molecular weight excluding hydrogens is 288 g/mol. The van der Waals surface area contributed by atoms with Crippen molar-refractivity contribution < 1.29 is 13.5 Å². The summed E-state index contributed by atoms with van der Waals surface area (Å²) in [7, 11) is -3.70. The molecule has 0 aromatic heterocycles. The van der Waals surface area contributed by atoms with Gasteiger partial charge in [-0.25, -0.2) is 13.1 Å². The minimum atomic E-state index is -3.70. The molecule has 0 aliphatic carbocycles. The number of sulfonamides is 1. The lowest BCUT2D eigenvalue weighted by Crippen LogP contribution is -2.39. The summed E-state index contributed by atoms with van der Waals surface area (Å²) in [5, 5.41) is 9.40. The maximum atomic E-state index is 12.3. The molecule has 21 heavy (non-hydrogen) atoms. The lowest BCUT2D eigenvalue weighted by molar-refractivity contribution is 0.256. The number of nitrogen functional groups attached to an aromatic ring is 1. The van der Waals surface area contributed by atoms with Gasteiger partial charge >= 0.3 is 0 Å². The van der Waals surface area contributed by atoms with Crippen LogP contribution < -0.4 is 10.5 Å². The summed E-state index contributed by atoms with van der Waals surface area (Å²) in [5.74, 6) is 0. The zero-order valence-electron chi connectivity index (χ0n) is 11.4. The molecule has 5 nitrogen and oxygen atoms in total. The first kappa shape index (κ1) is 15.5. The lowest BCUT2D eigenvalue weighted by Gasteiger charge is -2.16. The van der Waals surface area contributed by atoms with Gasteiger partial charge in [0, 0.05) is 11.7 Å². The first-order chi connectivity index (χ1) is 10.0. The first-order valence-corrected chi connectivity index (χ1v) is 8.02. The van der Waals surface area contributed by atoms with Crippen molar-refractivity contribution in [2.45, 2.75) is 17.4 Å². The van der Waals surface area contributed by atoms with Crippen molar-refractivity contribution in [3.63, 3.8) is 0 Å². The highest BCUT2D eigenvalue weighted by atomic mass is 32.2. The van der Waals surface area contributed by atoms with Gasteiger partial charge in [-0.15, -0.1) is 0 Å². The van der Waals surface area contributed by atoms with Crippen molar-refractivity contribution in [3.05, 3.63) is 60.2 Å². The molecule has 2 aromatic rings. The lowest BCUT2D eigenvalue weighted by atomic mass is 10.1. The summed E-state index contributed by atoms with van der Waals surface area (Å²) in [5.41, 5.74) is 6.93. The van der Waals surface area contributed by atoms with Gasteiger partial charge in [0.1, 0.15) is 0 Å². The Morgan fingerprint density at radius 3 is 2.43 bits per heavy atom. The van der Waals surface area contributed by atoms with Crippen LogP contribution in [0.4, 0.5) is 5.69 Å². The number of hydrogen-bond acceptors (Lipinski definition) is 4. The number of nitrogens with two attached hydrogens (primary N) is 1. The first-order valence-electron chi connectivity index (χ1n) is 6.54. The van der Waals surface area contributed by atoms with E-state index in [-0.39, 0.29) is 11.5 Å². The van der Waals surface area contributed by atoms with Crippen LogP contribution in [0.15, 0.2) is 59.5 Å². The minimum Gasteiger partial charge on any atom is -0.399 e. The second-order valence-electron chi connectivity index (χ2n) is 4.76. The summed E-state index contributed by atoms with van der Waals surface area (Å²) in [4.78, 5) is 0.0917. The number of nitrogens with one attached hydrogen (secondary N) is 1. The third-order valence-electron chi connectivity index (χ3n) is 3.04. The third-order valence-corrected chi connectivity index (χ3v) is 4.55. The average Bonchev–Trinajstić information content (AvgIpc) is 2.47. The van der Waals surface area contributed by atoms with Crippen molar-refractivity contribution in [1.82, 2.24) is 4.72 Å². The van der Waals surface area contributed by atoms with E-state index in [0.717, 1.165) is 5.56 Å². The third kappa shape index (κ3) is 4.29. The fraction of sp³-hybridized carbons (Fsp3) is 0.200. The summed E-state index contributed by atoms with van der Waals surface area (Å²) in [6.07, 6.45) is 0.416. The molecule has 0 spiro atoms. The fourth-order valence-electron chi connectivity index (χ4n) is 2.01. The Labute approximate surface area is 124 Å². The largest absolute Gasteiger partial charge is 0.399 e. The molecule has 0 saturated heterocycles. The number of anilines is 1. The Balaban J connectivity index is 2.14. The van der Waals surface area contributed by atoms with Gasteiger partial charge in [0.25, 0.3) is 0 Å². The number of hydrogen-bond donors (Lipinski definition) is 3. The van der Waals surface area contributed by atoms with E-state index in [1.807, 2.05) is 30.3 Å². The van der Waals surface area contributed by atoms with Gasteiger partial charge < -0.3 is 10.8 Å². The number of rotatable bonds is 6. The van der Waals surface area contributed by atoms with E-state index in [0.29, 0.717) is 12.1 Å². The van der Waals surface area contributed by atoms with E-state index < -0.39 is 16.1 Å². The predicted molar refractivity (Wildman–Crippen MR) is 82.2 cm³/mol. The van der Waals surface area contributed by atoms with E-state index in [9.17, 15) is 13.5 Å². The SMILES string of the molecule is Nc1cccc(S(=O)(=O)NC(CO)Cc2ccccc2)c1. The molecule has 0 aliphatic heterocycles. The van der Waals surface area contributed by atoms with Crippen LogP contribution >= 0.6 is 0 Å². The van der Waals surface area contributed by atoms with Gasteiger partial charge in [0.2, 0.25) is 10.0 Å². The van der Waals surface area contributed by atoms with E-state index >= 15 is 0 Å². The molecule has 0 heterocycles.